The topological polar surface area (TPSA) is 71.1 Å². The van der Waals surface area contributed by atoms with Crippen LogP contribution in [0.5, 0.6) is 0 Å². The van der Waals surface area contributed by atoms with E-state index in [1.807, 2.05) is 31.2 Å². The molecule has 0 unspecified atom stereocenters. The molecule has 0 radical (unpaired) electrons. The molecule has 0 aliphatic heterocycles. The Balaban J connectivity index is 1.58. The van der Waals surface area contributed by atoms with E-state index in [-0.39, 0.29) is 11.8 Å². The highest BCUT2D eigenvalue weighted by Crippen LogP contribution is 2.19. The average Bonchev–Trinajstić information content (AvgIpc) is 2.69. The van der Waals surface area contributed by atoms with Gasteiger partial charge in [0.05, 0.1) is 11.1 Å². The smallest absolute Gasteiger partial charge is 0.257 e. The van der Waals surface area contributed by atoms with E-state index < -0.39 is 0 Å². The number of hydrogen-bond acceptors (Lipinski definition) is 3. The van der Waals surface area contributed by atoms with E-state index in [2.05, 4.69) is 21.7 Å². The first-order chi connectivity index (χ1) is 13.1. The zero-order valence-corrected chi connectivity index (χ0v) is 15.6. The molecule has 0 bridgehead atoms. The summed E-state index contributed by atoms with van der Waals surface area (Å²) in [7, 11) is 0. The number of allylic oxidation sites excluding steroid dienone is 1. The van der Waals surface area contributed by atoms with Gasteiger partial charge < -0.3 is 10.6 Å². The Morgan fingerprint density at radius 3 is 2.63 bits per heavy atom. The van der Waals surface area contributed by atoms with Gasteiger partial charge in [-0.3, -0.25) is 14.6 Å². The van der Waals surface area contributed by atoms with E-state index in [9.17, 15) is 9.59 Å². The fraction of sp³-hybridized carbons (Fsp3) is 0.318. The highest BCUT2D eigenvalue weighted by molar-refractivity contribution is 6.05. The minimum Gasteiger partial charge on any atom is -0.352 e. The Labute approximate surface area is 159 Å². The van der Waals surface area contributed by atoms with Crippen LogP contribution in [0.1, 0.15) is 58.4 Å². The first-order valence-corrected chi connectivity index (χ1v) is 9.41. The van der Waals surface area contributed by atoms with Crippen molar-refractivity contribution in [2.45, 2.75) is 39.0 Å². The molecule has 0 atom stereocenters. The number of carbonyl (C=O) groups excluding carboxylic acids is 2. The monoisotopic (exact) mass is 363 g/mol. The molecule has 2 aromatic rings. The zero-order valence-electron chi connectivity index (χ0n) is 15.6. The van der Waals surface area contributed by atoms with E-state index in [0.717, 1.165) is 30.5 Å². The van der Waals surface area contributed by atoms with Gasteiger partial charge in [-0.2, -0.15) is 0 Å². The quantitative estimate of drug-likeness (QED) is 0.753. The second-order valence-corrected chi connectivity index (χ2v) is 6.90. The van der Waals surface area contributed by atoms with Crippen LogP contribution in [0.3, 0.4) is 0 Å². The molecule has 0 fully saturated rings. The highest BCUT2D eigenvalue weighted by atomic mass is 16.2. The zero-order chi connectivity index (χ0) is 19.1. The van der Waals surface area contributed by atoms with Gasteiger partial charge in [-0.15, -0.1) is 0 Å². The summed E-state index contributed by atoms with van der Waals surface area (Å²) in [6.07, 6.45) is 10.9. The molecule has 2 N–H and O–H groups in total. The standard InChI is InChI=1S/C22H25N3O2/c1-16-6-5-9-20(12-16)25-22(27)19-13-18(14-23-15-19)21(26)24-11-10-17-7-3-2-4-8-17/h5-7,9,12-15H,2-4,8,10-11H2,1H3,(H,24,26)(H,25,27). The molecule has 2 amide bonds. The molecule has 1 aromatic heterocycles. The number of rotatable bonds is 6. The lowest BCUT2D eigenvalue weighted by molar-refractivity contribution is 0.0953. The molecule has 1 aliphatic carbocycles. The molecule has 0 spiro atoms. The van der Waals surface area contributed by atoms with Crippen LogP contribution < -0.4 is 10.6 Å². The van der Waals surface area contributed by atoms with Crippen molar-refractivity contribution in [2.75, 3.05) is 11.9 Å². The number of nitrogens with one attached hydrogen (secondary N) is 2. The van der Waals surface area contributed by atoms with Crippen molar-refractivity contribution in [3.8, 4) is 0 Å². The minimum atomic E-state index is -0.282. The largest absolute Gasteiger partial charge is 0.352 e. The van der Waals surface area contributed by atoms with Crippen molar-refractivity contribution >= 4 is 17.5 Å². The van der Waals surface area contributed by atoms with Gasteiger partial charge >= 0.3 is 0 Å². The van der Waals surface area contributed by atoms with Crippen LogP contribution in [-0.2, 0) is 0 Å². The maximum atomic E-state index is 12.4. The maximum absolute atomic E-state index is 12.4. The number of hydrogen-bond donors (Lipinski definition) is 2. The van der Waals surface area contributed by atoms with Gasteiger partial charge in [-0.25, -0.2) is 0 Å². The predicted octanol–water partition coefficient (Wildman–Crippen LogP) is 4.26. The van der Waals surface area contributed by atoms with Crippen LogP contribution in [0.2, 0.25) is 0 Å². The molecule has 1 aliphatic rings. The Morgan fingerprint density at radius 1 is 1.07 bits per heavy atom. The van der Waals surface area contributed by atoms with E-state index in [4.69, 9.17) is 0 Å². The fourth-order valence-electron chi connectivity index (χ4n) is 3.18. The van der Waals surface area contributed by atoms with Crippen LogP contribution in [0.4, 0.5) is 5.69 Å². The minimum absolute atomic E-state index is 0.205. The molecule has 3 rings (SSSR count). The van der Waals surface area contributed by atoms with Crippen molar-refractivity contribution in [3.63, 3.8) is 0 Å². The summed E-state index contributed by atoms with van der Waals surface area (Å²) in [6, 6.07) is 9.14. The molecule has 27 heavy (non-hydrogen) atoms. The van der Waals surface area contributed by atoms with E-state index in [1.165, 1.54) is 30.8 Å². The number of benzene rings is 1. The van der Waals surface area contributed by atoms with Crippen molar-refractivity contribution in [2.24, 2.45) is 0 Å². The normalized spacial score (nSPS) is 13.6. The van der Waals surface area contributed by atoms with Crippen LogP contribution in [-0.4, -0.2) is 23.3 Å². The van der Waals surface area contributed by atoms with Crippen molar-refractivity contribution in [1.82, 2.24) is 10.3 Å². The van der Waals surface area contributed by atoms with Crippen molar-refractivity contribution in [3.05, 3.63) is 71.1 Å². The molecule has 1 heterocycles. The lowest BCUT2D eigenvalue weighted by Crippen LogP contribution is -2.25. The van der Waals surface area contributed by atoms with Gasteiger partial charge in [0.2, 0.25) is 0 Å². The molecule has 0 saturated carbocycles. The molecule has 0 saturated heterocycles. The summed E-state index contributed by atoms with van der Waals surface area (Å²) in [4.78, 5) is 28.8. The lowest BCUT2D eigenvalue weighted by Gasteiger charge is -2.13. The van der Waals surface area contributed by atoms with Gasteiger partial charge in [0.1, 0.15) is 0 Å². The lowest BCUT2D eigenvalue weighted by atomic mass is 9.97. The number of pyridine rings is 1. The van der Waals surface area contributed by atoms with Crippen LogP contribution in [0, 0.1) is 6.92 Å². The van der Waals surface area contributed by atoms with E-state index >= 15 is 0 Å². The second-order valence-electron chi connectivity index (χ2n) is 6.90. The Morgan fingerprint density at radius 2 is 1.89 bits per heavy atom. The summed E-state index contributed by atoms with van der Waals surface area (Å²) >= 11 is 0. The average molecular weight is 363 g/mol. The van der Waals surface area contributed by atoms with Gasteiger partial charge in [-0.05, 0) is 62.8 Å². The summed E-state index contributed by atoms with van der Waals surface area (Å²) in [6.45, 7) is 2.57. The predicted molar refractivity (Wildman–Crippen MR) is 107 cm³/mol. The summed E-state index contributed by atoms with van der Waals surface area (Å²) in [5.41, 5.74) is 3.96. The Hall–Kier alpha value is -2.95. The Bertz CT molecular complexity index is 858. The summed E-state index contributed by atoms with van der Waals surface area (Å²) < 4.78 is 0. The third-order valence-electron chi connectivity index (χ3n) is 4.66. The summed E-state index contributed by atoms with van der Waals surface area (Å²) in [5, 5.41) is 5.75. The number of anilines is 1. The van der Waals surface area contributed by atoms with Gasteiger partial charge in [0.15, 0.2) is 0 Å². The van der Waals surface area contributed by atoms with Gasteiger partial charge in [0, 0.05) is 24.6 Å². The van der Waals surface area contributed by atoms with Crippen molar-refractivity contribution in [1.29, 1.82) is 0 Å². The highest BCUT2D eigenvalue weighted by Gasteiger charge is 2.12. The molecule has 1 aromatic carbocycles. The number of aryl methyl sites for hydroxylation is 1. The van der Waals surface area contributed by atoms with Gasteiger partial charge in [0.25, 0.3) is 11.8 Å². The molecule has 140 valence electrons. The van der Waals surface area contributed by atoms with E-state index in [1.54, 1.807) is 6.07 Å². The van der Waals surface area contributed by atoms with Crippen LogP contribution in [0.15, 0.2) is 54.4 Å². The Kier molecular flexibility index (Phi) is 6.36. The molecular weight excluding hydrogens is 338 g/mol. The third kappa shape index (κ3) is 5.51. The number of carbonyl (C=O) groups is 2. The first kappa shape index (κ1) is 18.8. The fourth-order valence-corrected chi connectivity index (χ4v) is 3.18. The third-order valence-corrected chi connectivity index (χ3v) is 4.66. The van der Waals surface area contributed by atoms with E-state index in [0.29, 0.717) is 17.7 Å². The number of aromatic nitrogens is 1. The molecular formula is C22H25N3O2. The SMILES string of the molecule is Cc1cccc(NC(=O)c2cncc(C(=O)NCCC3=CCCCC3)c2)c1. The maximum Gasteiger partial charge on any atom is 0.257 e. The number of amides is 2. The molecule has 5 nitrogen and oxygen atoms in total. The van der Waals surface area contributed by atoms with Crippen LogP contribution in [0.25, 0.3) is 0 Å². The van der Waals surface area contributed by atoms with Gasteiger partial charge in [-0.1, -0.05) is 23.8 Å². The number of nitrogens with zero attached hydrogens (tertiary/aromatic N) is 1. The van der Waals surface area contributed by atoms with Crippen molar-refractivity contribution < 1.29 is 9.59 Å². The first-order valence-electron chi connectivity index (χ1n) is 9.41. The second kappa shape index (κ2) is 9.12. The van der Waals surface area contributed by atoms with Crippen LogP contribution >= 0.6 is 0 Å². The molecule has 5 heteroatoms. The summed E-state index contributed by atoms with van der Waals surface area (Å²) in [5.74, 6) is -0.487.